The third kappa shape index (κ3) is 3.49. The molecule has 1 N–H and O–H groups in total. The molecule has 0 bridgehead atoms. The van der Waals surface area contributed by atoms with Gasteiger partial charge in [0.15, 0.2) is 0 Å². The topological polar surface area (TPSA) is 64.1 Å². The minimum Gasteiger partial charge on any atom is -0.465 e. The average molecular weight is 396 g/mol. The number of nitrogens with one attached hydrogen (secondary N) is 1. The lowest BCUT2D eigenvalue weighted by molar-refractivity contribution is 0.0601. The summed E-state index contributed by atoms with van der Waals surface area (Å²) in [4.78, 5) is 22.5. The molecule has 2 aromatic heterocycles. The van der Waals surface area contributed by atoms with Crippen molar-refractivity contribution in [1.29, 1.82) is 0 Å². The molecule has 0 aliphatic heterocycles. The summed E-state index contributed by atoms with van der Waals surface area (Å²) >= 11 is 7.88. The second-order valence-corrected chi connectivity index (χ2v) is 7.17. The van der Waals surface area contributed by atoms with Crippen LogP contribution in [0.25, 0.3) is 20.7 Å². The third-order valence-electron chi connectivity index (χ3n) is 4.03. The molecular weight excluding hydrogens is 382 g/mol. The van der Waals surface area contributed by atoms with Gasteiger partial charge in [-0.2, -0.15) is 0 Å². The number of hydrogen-bond acceptors (Lipinski definition) is 6. The monoisotopic (exact) mass is 395 g/mol. The number of anilines is 2. The van der Waals surface area contributed by atoms with E-state index in [4.69, 9.17) is 16.3 Å². The maximum absolute atomic E-state index is 11.8. The van der Waals surface area contributed by atoms with E-state index in [-0.39, 0.29) is 0 Å². The van der Waals surface area contributed by atoms with E-state index in [1.807, 2.05) is 18.2 Å². The quantitative estimate of drug-likeness (QED) is 0.459. The van der Waals surface area contributed by atoms with Crippen molar-refractivity contribution in [2.45, 2.75) is 0 Å². The Balaban J connectivity index is 1.75. The van der Waals surface area contributed by atoms with Gasteiger partial charge in [-0.25, -0.2) is 14.8 Å². The van der Waals surface area contributed by atoms with Gasteiger partial charge in [-0.05, 0) is 29.8 Å². The Morgan fingerprint density at radius 1 is 1.11 bits per heavy atom. The summed E-state index contributed by atoms with van der Waals surface area (Å²) < 4.78 is 4.77. The molecule has 0 aliphatic rings. The fourth-order valence-electron chi connectivity index (χ4n) is 2.69. The van der Waals surface area contributed by atoms with E-state index in [2.05, 4.69) is 33.5 Å². The zero-order chi connectivity index (χ0) is 18.8. The first-order valence-electron chi connectivity index (χ1n) is 8.10. The summed E-state index contributed by atoms with van der Waals surface area (Å²) in [6.07, 6.45) is 1.51. The fourth-order valence-corrected chi connectivity index (χ4v) is 3.86. The van der Waals surface area contributed by atoms with Gasteiger partial charge in [-0.15, -0.1) is 11.3 Å². The Morgan fingerprint density at radius 2 is 1.93 bits per heavy atom. The predicted octanol–water partition coefficient (Wildman–Crippen LogP) is 5.54. The highest BCUT2D eigenvalue weighted by molar-refractivity contribution is 7.21. The number of hydrogen-bond donors (Lipinski definition) is 1. The van der Waals surface area contributed by atoms with Gasteiger partial charge in [0.1, 0.15) is 17.0 Å². The molecular formula is C20H14ClN3O2S. The molecule has 2 aromatic carbocycles. The van der Waals surface area contributed by atoms with Gasteiger partial charge < -0.3 is 10.1 Å². The first-order chi connectivity index (χ1) is 13.2. The molecule has 0 aliphatic carbocycles. The van der Waals surface area contributed by atoms with Gasteiger partial charge >= 0.3 is 5.97 Å². The van der Waals surface area contributed by atoms with E-state index in [0.717, 1.165) is 20.7 Å². The number of esters is 1. The maximum atomic E-state index is 11.8. The molecule has 27 heavy (non-hydrogen) atoms. The molecule has 0 saturated heterocycles. The van der Waals surface area contributed by atoms with Crippen LogP contribution in [0.4, 0.5) is 11.5 Å². The Kier molecular flexibility index (Phi) is 4.75. The van der Waals surface area contributed by atoms with Crippen molar-refractivity contribution >= 4 is 50.6 Å². The number of benzene rings is 2. The number of methoxy groups -OCH3 is 1. The van der Waals surface area contributed by atoms with Crippen molar-refractivity contribution in [2.24, 2.45) is 0 Å². The number of nitrogens with zero attached hydrogens (tertiary/aromatic N) is 2. The Labute approximate surface area is 164 Å². The van der Waals surface area contributed by atoms with Crippen LogP contribution in [0.5, 0.6) is 0 Å². The van der Waals surface area contributed by atoms with Crippen LogP contribution in [0.2, 0.25) is 5.02 Å². The number of fused-ring (bicyclic) bond motifs is 1. The molecule has 0 radical (unpaired) electrons. The minimum atomic E-state index is -0.426. The molecule has 134 valence electrons. The number of aromatic nitrogens is 2. The van der Waals surface area contributed by atoms with Gasteiger partial charge in [0.2, 0.25) is 0 Å². The summed E-state index contributed by atoms with van der Waals surface area (Å²) in [6.45, 7) is 0. The largest absolute Gasteiger partial charge is 0.465 e. The molecule has 7 heteroatoms. The molecule has 0 fully saturated rings. The van der Waals surface area contributed by atoms with Crippen molar-refractivity contribution in [3.8, 4) is 10.4 Å². The van der Waals surface area contributed by atoms with Crippen LogP contribution in [0.15, 0.2) is 60.9 Å². The fraction of sp³-hybridized carbons (Fsp3) is 0.0500. The van der Waals surface area contributed by atoms with E-state index in [0.29, 0.717) is 22.1 Å². The van der Waals surface area contributed by atoms with Crippen molar-refractivity contribution in [2.75, 3.05) is 12.4 Å². The Morgan fingerprint density at radius 3 is 2.70 bits per heavy atom. The molecule has 0 spiro atoms. The van der Waals surface area contributed by atoms with Gasteiger partial charge in [-0.1, -0.05) is 41.9 Å². The van der Waals surface area contributed by atoms with E-state index in [1.165, 1.54) is 13.4 Å². The lowest BCUT2D eigenvalue weighted by atomic mass is 10.2. The van der Waals surface area contributed by atoms with Gasteiger partial charge in [-0.3, -0.25) is 0 Å². The van der Waals surface area contributed by atoms with Crippen LogP contribution >= 0.6 is 22.9 Å². The molecule has 2 heterocycles. The highest BCUT2D eigenvalue weighted by Crippen LogP contribution is 2.36. The lowest BCUT2D eigenvalue weighted by Gasteiger charge is -2.09. The third-order valence-corrected chi connectivity index (χ3v) is 5.45. The number of carbonyl (C=O) groups excluding carboxylic acids is 1. The SMILES string of the molecule is COC(=O)c1ccc(Cl)c(Nc2ncnc3sc(-c4ccccc4)cc23)c1. The van der Waals surface area contributed by atoms with Crippen LogP contribution in [-0.2, 0) is 4.74 Å². The number of ether oxygens (including phenoxy) is 1. The van der Waals surface area contributed by atoms with E-state index < -0.39 is 5.97 Å². The number of halogens is 1. The second kappa shape index (κ2) is 7.34. The Bertz CT molecular complexity index is 1130. The van der Waals surface area contributed by atoms with E-state index >= 15 is 0 Å². The zero-order valence-electron chi connectivity index (χ0n) is 14.3. The summed E-state index contributed by atoms with van der Waals surface area (Å²) in [7, 11) is 1.34. The summed E-state index contributed by atoms with van der Waals surface area (Å²) in [6, 6.07) is 17.1. The van der Waals surface area contributed by atoms with Crippen molar-refractivity contribution in [1.82, 2.24) is 9.97 Å². The van der Waals surface area contributed by atoms with E-state index in [1.54, 1.807) is 29.5 Å². The summed E-state index contributed by atoms with van der Waals surface area (Å²) in [5.41, 5.74) is 2.11. The van der Waals surface area contributed by atoms with Crippen molar-refractivity contribution < 1.29 is 9.53 Å². The average Bonchev–Trinajstić information content (AvgIpc) is 3.15. The number of carbonyl (C=O) groups is 1. The molecule has 0 unspecified atom stereocenters. The Hall–Kier alpha value is -2.96. The van der Waals surface area contributed by atoms with Crippen LogP contribution in [-0.4, -0.2) is 23.0 Å². The van der Waals surface area contributed by atoms with Crippen molar-refractivity contribution in [3.63, 3.8) is 0 Å². The molecule has 4 aromatic rings. The highest BCUT2D eigenvalue weighted by atomic mass is 35.5. The molecule has 4 rings (SSSR count). The van der Waals surface area contributed by atoms with E-state index in [9.17, 15) is 4.79 Å². The second-order valence-electron chi connectivity index (χ2n) is 5.73. The van der Waals surface area contributed by atoms with Crippen LogP contribution in [0.1, 0.15) is 10.4 Å². The minimum absolute atomic E-state index is 0.407. The van der Waals surface area contributed by atoms with Crippen LogP contribution in [0.3, 0.4) is 0 Å². The molecule has 5 nitrogen and oxygen atoms in total. The normalized spacial score (nSPS) is 10.7. The molecule has 0 saturated carbocycles. The first-order valence-corrected chi connectivity index (χ1v) is 9.30. The number of thiophene rings is 1. The van der Waals surface area contributed by atoms with Gasteiger partial charge in [0.05, 0.1) is 28.8 Å². The van der Waals surface area contributed by atoms with Crippen LogP contribution < -0.4 is 5.32 Å². The predicted molar refractivity (Wildman–Crippen MR) is 109 cm³/mol. The molecule has 0 amide bonds. The smallest absolute Gasteiger partial charge is 0.337 e. The van der Waals surface area contributed by atoms with Crippen molar-refractivity contribution in [3.05, 3.63) is 71.5 Å². The van der Waals surface area contributed by atoms with Gasteiger partial charge in [0, 0.05) is 4.88 Å². The zero-order valence-corrected chi connectivity index (χ0v) is 15.8. The summed E-state index contributed by atoms with van der Waals surface area (Å²) in [5, 5.41) is 4.58. The van der Waals surface area contributed by atoms with Crippen LogP contribution in [0, 0.1) is 0 Å². The highest BCUT2D eigenvalue weighted by Gasteiger charge is 2.13. The first kappa shape index (κ1) is 17.5. The van der Waals surface area contributed by atoms with Gasteiger partial charge in [0.25, 0.3) is 0 Å². The summed E-state index contributed by atoms with van der Waals surface area (Å²) in [5.74, 6) is 0.201. The maximum Gasteiger partial charge on any atom is 0.337 e. The standard InChI is InChI=1S/C20H14ClN3O2S/c1-26-20(25)13-7-8-15(21)16(9-13)24-18-14-10-17(12-5-3-2-4-6-12)27-19(14)23-11-22-18/h2-11H,1H3,(H,22,23,24). The number of rotatable bonds is 4. The lowest BCUT2D eigenvalue weighted by Crippen LogP contribution is -2.03. The molecule has 0 atom stereocenters.